The summed E-state index contributed by atoms with van der Waals surface area (Å²) in [5.41, 5.74) is 5.76. The molecule has 7 heteroatoms. The highest BCUT2D eigenvalue weighted by Crippen LogP contribution is 2.30. The maximum Gasteiger partial charge on any atom is 0.240 e. The number of anilines is 1. The van der Waals surface area contributed by atoms with E-state index in [1.807, 2.05) is 5.38 Å². The van der Waals surface area contributed by atoms with Gasteiger partial charge in [0.25, 0.3) is 0 Å². The number of carbonyl (C=O) groups is 1. The van der Waals surface area contributed by atoms with Gasteiger partial charge in [-0.15, -0.1) is 11.3 Å². The van der Waals surface area contributed by atoms with Crippen LogP contribution in [0.1, 0.15) is 36.0 Å². The molecule has 2 aromatic rings. The molecule has 0 spiro atoms. The fourth-order valence-corrected chi connectivity index (χ4v) is 4.88. The van der Waals surface area contributed by atoms with E-state index in [0.717, 1.165) is 37.1 Å². The fraction of sp³-hybridized carbons (Fsp3) is 0.545. The van der Waals surface area contributed by atoms with Crippen LogP contribution in [0.4, 0.5) is 5.13 Å². The predicted molar refractivity (Wildman–Crippen MR) is 115 cm³/mol. The van der Waals surface area contributed by atoms with Crippen molar-refractivity contribution in [3.63, 3.8) is 0 Å². The molecule has 1 amide bonds. The molecule has 0 bridgehead atoms. The van der Waals surface area contributed by atoms with Crippen molar-refractivity contribution in [1.82, 2.24) is 9.88 Å². The van der Waals surface area contributed by atoms with E-state index >= 15 is 0 Å². The number of rotatable bonds is 5. The third-order valence-corrected chi connectivity index (χ3v) is 6.60. The van der Waals surface area contributed by atoms with Crippen molar-refractivity contribution >= 4 is 22.4 Å². The molecule has 0 saturated carbocycles. The van der Waals surface area contributed by atoms with Gasteiger partial charge in [-0.25, -0.2) is 4.98 Å². The highest BCUT2D eigenvalue weighted by molar-refractivity contribution is 7.14. The van der Waals surface area contributed by atoms with Gasteiger partial charge in [-0.05, 0) is 62.9 Å². The first kappa shape index (κ1) is 20.5. The van der Waals surface area contributed by atoms with E-state index in [4.69, 9.17) is 9.47 Å². The predicted octanol–water partition coefficient (Wildman–Crippen LogP) is 3.90. The van der Waals surface area contributed by atoms with Crippen molar-refractivity contribution in [1.29, 1.82) is 0 Å². The zero-order valence-electron chi connectivity index (χ0n) is 17.4. The van der Waals surface area contributed by atoms with Gasteiger partial charge in [0.2, 0.25) is 5.91 Å². The Morgan fingerprint density at radius 3 is 2.72 bits per heavy atom. The molecule has 1 aromatic heterocycles. The number of thiazole rings is 1. The number of aromatic nitrogens is 1. The number of hydrogen-bond acceptors (Lipinski definition) is 6. The van der Waals surface area contributed by atoms with E-state index in [9.17, 15) is 4.79 Å². The zero-order chi connectivity index (χ0) is 20.4. The van der Waals surface area contributed by atoms with Gasteiger partial charge in [0.05, 0.1) is 31.5 Å². The topological polar surface area (TPSA) is 63.7 Å². The highest BCUT2D eigenvalue weighted by atomic mass is 32.1. The van der Waals surface area contributed by atoms with Crippen molar-refractivity contribution < 1.29 is 14.3 Å². The smallest absolute Gasteiger partial charge is 0.240 e. The van der Waals surface area contributed by atoms with Crippen LogP contribution in [0, 0.1) is 20.8 Å². The third kappa shape index (κ3) is 4.69. The van der Waals surface area contributed by atoms with E-state index in [1.165, 1.54) is 28.0 Å². The Balaban J connectivity index is 1.41. The minimum absolute atomic E-state index is 0.0346. The number of aryl methyl sites for hydroxylation is 3. The second-order valence-electron chi connectivity index (χ2n) is 7.98. The van der Waals surface area contributed by atoms with Gasteiger partial charge < -0.3 is 14.8 Å². The first-order valence-corrected chi connectivity index (χ1v) is 11.2. The van der Waals surface area contributed by atoms with Crippen molar-refractivity contribution in [3.8, 4) is 11.3 Å². The van der Waals surface area contributed by atoms with Gasteiger partial charge in [-0.3, -0.25) is 9.69 Å². The van der Waals surface area contributed by atoms with Crippen molar-refractivity contribution in [3.05, 3.63) is 34.2 Å². The van der Waals surface area contributed by atoms with Crippen molar-refractivity contribution in [2.45, 2.75) is 52.4 Å². The normalized spacial score (nSPS) is 20.9. The molecule has 2 aliphatic rings. The van der Waals surface area contributed by atoms with Crippen LogP contribution in [0.15, 0.2) is 17.5 Å². The molecule has 6 nitrogen and oxygen atoms in total. The maximum absolute atomic E-state index is 12.7. The Bertz CT molecular complexity index is 876. The molecule has 0 aliphatic carbocycles. The fourth-order valence-electron chi connectivity index (χ4n) is 4.15. The molecule has 2 saturated heterocycles. The van der Waals surface area contributed by atoms with Gasteiger partial charge in [0, 0.05) is 10.9 Å². The summed E-state index contributed by atoms with van der Waals surface area (Å²) in [6, 6.07) is 4.51. The van der Waals surface area contributed by atoms with Crippen LogP contribution in [0.5, 0.6) is 0 Å². The van der Waals surface area contributed by atoms with E-state index in [0.29, 0.717) is 24.9 Å². The second kappa shape index (κ2) is 8.92. The van der Waals surface area contributed by atoms with Crippen LogP contribution in [0.25, 0.3) is 11.3 Å². The molecule has 4 rings (SSSR count). The average molecular weight is 416 g/mol. The van der Waals surface area contributed by atoms with Gasteiger partial charge in [0.1, 0.15) is 0 Å². The van der Waals surface area contributed by atoms with Crippen LogP contribution < -0.4 is 5.32 Å². The van der Waals surface area contributed by atoms with E-state index < -0.39 is 0 Å². The van der Waals surface area contributed by atoms with Crippen LogP contribution in [0.2, 0.25) is 0 Å². The molecule has 1 atom stereocenters. The molecule has 0 radical (unpaired) electrons. The number of amides is 1. The van der Waals surface area contributed by atoms with E-state index in [1.54, 1.807) is 0 Å². The number of nitrogens with zero attached hydrogens (tertiary/aromatic N) is 2. The number of hydrogen-bond donors (Lipinski definition) is 1. The first-order chi connectivity index (χ1) is 14.0. The van der Waals surface area contributed by atoms with Crippen LogP contribution in [0.3, 0.4) is 0 Å². The average Bonchev–Trinajstić information content (AvgIpc) is 3.37. The summed E-state index contributed by atoms with van der Waals surface area (Å²) in [7, 11) is 0. The number of benzene rings is 1. The van der Waals surface area contributed by atoms with Crippen molar-refractivity contribution in [2.24, 2.45) is 0 Å². The quantitative estimate of drug-likeness (QED) is 0.802. The summed E-state index contributed by atoms with van der Waals surface area (Å²) in [4.78, 5) is 19.5. The summed E-state index contributed by atoms with van der Waals surface area (Å²) >= 11 is 1.47. The molecule has 2 fully saturated rings. The Morgan fingerprint density at radius 2 is 1.93 bits per heavy atom. The molecule has 1 unspecified atom stereocenters. The first-order valence-electron chi connectivity index (χ1n) is 10.3. The molecular weight excluding hydrogens is 386 g/mol. The lowest BCUT2D eigenvalue weighted by atomic mass is 9.99. The van der Waals surface area contributed by atoms with Gasteiger partial charge in [0.15, 0.2) is 11.4 Å². The zero-order valence-corrected chi connectivity index (χ0v) is 18.2. The lowest BCUT2D eigenvalue weighted by Crippen LogP contribution is -2.50. The van der Waals surface area contributed by atoms with Gasteiger partial charge in [-0.1, -0.05) is 12.5 Å². The minimum atomic E-state index is -0.206. The number of ether oxygens (including phenoxy) is 2. The van der Waals surface area contributed by atoms with Gasteiger partial charge >= 0.3 is 0 Å². The second-order valence-corrected chi connectivity index (χ2v) is 8.84. The van der Waals surface area contributed by atoms with Crippen LogP contribution in [-0.2, 0) is 14.3 Å². The minimum Gasteiger partial charge on any atom is -0.349 e. The lowest BCUT2D eigenvalue weighted by molar-refractivity contribution is -0.127. The molecule has 2 aliphatic heterocycles. The number of likely N-dealkylation sites (tertiary alicyclic amines) is 1. The number of nitrogens with one attached hydrogen (secondary N) is 1. The Hall–Kier alpha value is -1.80. The summed E-state index contributed by atoms with van der Waals surface area (Å²) in [5, 5.41) is 5.63. The maximum atomic E-state index is 12.7. The third-order valence-electron chi connectivity index (χ3n) is 5.84. The molecule has 1 aromatic carbocycles. The Labute approximate surface area is 176 Å². The van der Waals surface area contributed by atoms with Crippen LogP contribution in [-0.4, -0.2) is 54.4 Å². The lowest BCUT2D eigenvalue weighted by Gasteiger charge is -2.37. The molecular formula is C22H29N3O3S. The Morgan fingerprint density at radius 1 is 1.17 bits per heavy atom. The SMILES string of the molecule is Cc1cc(C)c(-c2csc(NC(=O)CN3CCCCC3C3OCCO3)n2)cc1C. The summed E-state index contributed by atoms with van der Waals surface area (Å²) < 4.78 is 11.4. The molecule has 1 N–H and O–H groups in total. The summed E-state index contributed by atoms with van der Waals surface area (Å²) in [6.45, 7) is 8.84. The van der Waals surface area contributed by atoms with E-state index in [-0.39, 0.29) is 18.2 Å². The molecule has 29 heavy (non-hydrogen) atoms. The largest absolute Gasteiger partial charge is 0.349 e. The van der Waals surface area contributed by atoms with Crippen LogP contribution >= 0.6 is 11.3 Å². The van der Waals surface area contributed by atoms with Crippen molar-refractivity contribution in [2.75, 3.05) is 31.6 Å². The number of piperidine rings is 1. The summed E-state index contributed by atoms with van der Waals surface area (Å²) in [5.74, 6) is -0.0346. The number of carbonyl (C=O) groups excluding carboxylic acids is 1. The molecule has 156 valence electrons. The highest BCUT2D eigenvalue weighted by Gasteiger charge is 2.34. The monoisotopic (exact) mass is 415 g/mol. The van der Waals surface area contributed by atoms with E-state index in [2.05, 4.69) is 48.1 Å². The van der Waals surface area contributed by atoms with Gasteiger partial charge in [-0.2, -0.15) is 0 Å². The molecule has 3 heterocycles. The summed E-state index contributed by atoms with van der Waals surface area (Å²) in [6.07, 6.45) is 3.05. The standard InChI is InChI=1S/C22H29N3O3S/c1-14-10-16(3)17(11-15(14)2)18-13-29-22(23-18)24-20(26)12-25-7-5-4-6-19(25)21-27-8-9-28-21/h10-11,13,19,21H,4-9,12H2,1-3H3,(H,23,24,26). The Kier molecular flexibility index (Phi) is 6.29.